The first-order valence-electron chi connectivity index (χ1n) is 8.83. The SMILES string of the molecule is COc1ccc2nc(N(Cc3ccco3)C(=O)c3ccc4ncsc4c3)sc2c1. The maximum absolute atomic E-state index is 13.4. The normalized spacial score (nSPS) is 11.2. The van der Waals surface area contributed by atoms with E-state index in [-0.39, 0.29) is 5.91 Å². The molecule has 0 aliphatic rings. The molecular formula is C21H15N3O3S2. The van der Waals surface area contributed by atoms with Gasteiger partial charge in [0.2, 0.25) is 0 Å². The summed E-state index contributed by atoms with van der Waals surface area (Å²) in [6.45, 7) is 0.295. The standard InChI is InChI=1S/C21H15N3O3S2/c1-26-14-5-7-17-19(10-14)29-21(23-17)24(11-15-3-2-8-27-15)20(25)13-4-6-16-18(9-13)28-12-22-16/h2-10,12H,11H2,1H3. The molecule has 0 aliphatic carbocycles. The predicted octanol–water partition coefficient (Wildman–Crippen LogP) is 5.35. The van der Waals surface area contributed by atoms with Crippen LogP contribution in [0.15, 0.2) is 64.7 Å². The van der Waals surface area contributed by atoms with Crippen LogP contribution in [-0.2, 0) is 6.54 Å². The number of amides is 1. The van der Waals surface area contributed by atoms with Crippen LogP contribution in [0.25, 0.3) is 20.4 Å². The van der Waals surface area contributed by atoms with Crippen molar-refractivity contribution >= 4 is 54.1 Å². The first kappa shape index (κ1) is 17.8. The maximum Gasteiger partial charge on any atom is 0.260 e. The number of furan rings is 1. The minimum atomic E-state index is -0.136. The summed E-state index contributed by atoms with van der Waals surface area (Å²) in [6, 6.07) is 14.9. The van der Waals surface area contributed by atoms with Crippen LogP contribution in [-0.4, -0.2) is 23.0 Å². The van der Waals surface area contributed by atoms with Gasteiger partial charge < -0.3 is 9.15 Å². The molecular weight excluding hydrogens is 406 g/mol. The average molecular weight is 422 g/mol. The van der Waals surface area contributed by atoms with E-state index in [0.29, 0.717) is 23.0 Å². The molecule has 0 N–H and O–H groups in total. The monoisotopic (exact) mass is 421 g/mol. The lowest BCUT2D eigenvalue weighted by molar-refractivity contribution is 0.0983. The number of thiazole rings is 2. The Balaban J connectivity index is 1.57. The van der Waals surface area contributed by atoms with Gasteiger partial charge in [-0.2, -0.15) is 0 Å². The number of methoxy groups -OCH3 is 1. The molecule has 0 spiro atoms. The van der Waals surface area contributed by atoms with Gasteiger partial charge in [0.15, 0.2) is 5.13 Å². The number of nitrogens with zero attached hydrogens (tertiary/aromatic N) is 3. The summed E-state index contributed by atoms with van der Waals surface area (Å²) in [7, 11) is 1.63. The third-order valence-electron chi connectivity index (χ3n) is 4.53. The van der Waals surface area contributed by atoms with Crippen molar-refractivity contribution in [2.45, 2.75) is 6.54 Å². The molecule has 0 radical (unpaired) electrons. The Morgan fingerprint density at radius 2 is 2.03 bits per heavy atom. The molecule has 0 unspecified atom stereocenters. The average Bonchev–Trinajstić information content (AvgIpc) is 3.50. The van der Waals surface area contributed by atoms with Crippen LogP contribution in [0, 0.1) is 0 Å². The van der Waals surface area contributed by atoms with Crippen LogP contribution in [0.2, 0.25) is 0 Å². The lowest BCUT2D eigenvalue weighted by atomic mass is 10.2. The number of hydrogen-bond acceptors (Lipinski definition) is 7. The quantitative estimate of drug-likeness (QED) is 0.382. The van der Waals surface area contributed by atoms with E-state index >= 15 is 0 Å². The van der Waals surface area contributed by atoms with Crippen molar-refractivity contribution in [2.24, 2.45) is 0 Å². The predicted molar refractivity (Wildman–Crippen MR) is 115 cm³/mol. The number of rotatable bonds is 5. The zero-order valence-electron chi connectivity index (χ0n) is 15.4. The molecule has 0 fully saturated rings. The van der Waals surface area contributed by atoms with E-state index in [9.17, 15) is 4.79 Å². The van der Waals surface area contributed by atoms with Crippen molar-refractivity contribution in [1.29, 1.82) is 0 Å². The molecule has 144 valence electrons. The van der Waals surface area contributed by atoms with Crippen LogP contribution >= 0.6 is 22.7 Å². The van der Waals surface area contributed by atoms with Gasteiger partial charge in [-0.3, -0.25) is 9.69 Å². The highest BCUT2D eigenvalue weighted by molar-refractivity contribution is 7.22. The third-order valence-corrected chi connectivity index (χ3v) is 6.37. The molecule has 5 rings (SSSR count). The van der Waals surface area contributed by atoms with E-state index < -0.39 is 0 Å². The van der Waals surface area contributed by atoms with Crippen molar-refractivity contribution in [3.8, 4) is 5.75 Å². The minimum absolute atomic E-state index is 0.136. The highest BCUT2D eigenvalue weighted by Gasteiger charge is 2.23. The molecule has 0 aliphatic heterocycles. The van der Waals surface area contributed by atoms with E-state index in [2.05, 4.69) is 9.97 Å². The number of carbonyl (C=O) groups is 1. The van der Waals surface area contributed by atoms with E-state index in [4.69, 9.17) is 9.15 Å². The number of fused-ring (bicyclic) bond motifs is 2. The molecule has 0 atom stereocenters. The van der Waals surface area contributed by atoms with E-state index in [0.717, 1.165) is 26.2 Å². The summed E-state index contributed by atoms with van der Waals surface area (Å²) in [6.07, 6.45) is 1.60. The zero-order valence-corrected chi connectivity index (χ0v) is 17.0. The molecule has 8 heteroatoms. The van der Waals surface area contributed by atoms with Crippen molar-refractivity contribution in [3.63, 3.8) is 0 Å². The minimum Gasteiger partial charge on any atom is -0.497 e. The third kappa shape index (κ3) is 3.37. The number of benzene rings is 2. The summed E-state index contributed by atoms with van der Waals surface area (Å²) in [4.78, 5) is 24.1. The molecule has 0 bridgehead atoms. The van der Waals surface area contributed by atoms with E-state index in [1.807, 2.05) is 42.5 Å². The fourth-order valence-corrected chi connectivity index (χ4v) is 4.77. The molecule has 3 aromatic heterocycles. The fourth-order valence-electron chi connectivity index (χ4n) is 3.06. The largest absolute Gasteiger partial charge is 0.497 e. The summed E-state index contributed by atoms with van der Waals surface area (Å²) in [5.74, 6) is 1.31. The van der Waals surface area contributed by atoms with Crippen LogP contribution in [0.1, 0.15) is 16.1 Å². The Kier molecular flexibility index (Phi) is 4.49. The molecule has 0 saturated carbocycles. The van der Waals surface area contributed by atoms with Gasteiger partial charge >= 0.3 is 0 Å². The molecule has 29 heavy (non-hydrogen) atoms. The number of ether oxygens (including phenoxy) is 1. The van der Waals surface area contributed by atoms with E-state index in [1.165, 1.54) is 22.7 Å². The Labute approximate surface area is 174 Å². The van der Waals surface area contributed by atoms with Gasteiger partial charge in [-0.25, -0.2) is 9.97 Å². The molecule has 0 saturated heterocycles. The first-order chi connectivity index (χ1) is 14.2. The topological polar surface area (TPSA) is 68.5 Å². The first-order valence-corrected chi connectivity index (χ1v) is 10.5. The van der Waals surface area contributed by atoms with Gasteiger partial charge in [0, 0.05) is 5.56 Å². The van der Waals surface area contributed by atoms with Crippen LogP contribution in [0.3, 0.4) is 0 Å². The highest BCUT2D eigenvalue weighted by Crippen LogP contribution is 2.33. The number of carbonyl (C=O) groups excluding carboxylic acids is 1. The summed E-state index contributed by atoms with van der Waals surface area (Å²) >= 11 is 2.96. The van der Waals surface area contributed by atoms with Crippen LogP contribution in [0.4, 0.5) is 5.13 Å². The number of aromatic nitrogens is 2. The van der Waals surface area contributed by atoms with Gasteiger partial charge in [-0.05, 0) is 48.5 Å². The van der Waals surface area contributed by atoms with Gasteiger partial charge in [0.1, 0.15) is 11.5 Å². The van der Waals surface area contributed by atoms with Gasteiger partial charge in [-0.1, -0.05) is 11.3 Å². The van der Waals surface area contributed by atoms with Gasteiger partial charge in [0.05, 0.1) is 45.9 Å². The Morgan fingerprint density at radius 1 is 1.14 bits per heavy atom. The lowest BCUT2D eigenvalue weighted by Gasteiger charge is -2.18. The highest BCUT2D eigenvalue weighted by atomic mass is 32.1. The van der Waals surface area contributed by atoms with E-state index in [1.54, 1.807) is 29.8 Å². The lowest BCUT2D eigenvalue weighted by Crippen LogP contribution is -2.30. The van der Waals surface area contributed by atoms with Crippen LogP contribution in [0.5, 0.6) is 5.75 Å². The molecule has 6 nitrogen and oxygen atoms in total. The summed E-state index contributed by atoms with van der Waals surface area (Å²) in [5.41, 5.74) is 4.07. The van der Waals surface area contributed by atoms with Gasteiger partial charge in [-0.15, -0.1) is 11.3 Å². The van der Waals surface area contributed by atoms with Crippen molar-refractivity contribution in [1.82, 2.24) is 9.97 Å². The number of hydrogen-bond donors (Lipinski definition) is 0. The molecule has 5 aromatic rings. The molecule has 1 amide bonds. The fraction of sp³-hybridized carbons (Fsp3) is 0.0952. The Hall–Kier alpha value is -3.23. The smallest absolute Gasteiger partial charge is 0.260 e. The number of anilines is 1. The van der Waals surface area contributed by atoms with Crippen molar-refractivity contribution in [3.05, 3.63) is 71.6 Å². The maximum atomic E-state index is 13.4. The Bertz CT molecular complexity index is 1310. The molecule has 2 aromatic carbocycles. The molecule has 3 heterocycles. The second kappa shape index (κ2) is 7.31. The second-order valence-electron chi connectivity index (χ2n) is 6.34. The summed E-state index contributed by atoms with van der Waals surface area (Å²) < 4.78 is 12.7. The van der Waals surface area contributed by atoms with Crippen molar-refractivity contribution in [2.75, 3.05) is 12.0 Å². The summed E-state index contributed by atoms with van der Waals surface area (Å²) in [5, 5.41) is 0.610. The zero-order chi connectivity index (χ0) is 19.8. The van der Waals surface area contributed by atoms with Crippen molar-refractivity contribution < 1.29 is 13.9 Å². The second-order valence-corrected chi connectivity index (χ2v) is 8.23. The Morgan fingerprint density at radius 3 is 2.86 bits per heavy atom. The van der Waals surface area contributed by atoms with Crippen LogP contribution < -0.4 is 9.64 Å². The van der Waals surface area contributed by atoms with Gasteiger partial charge in [0.25, 0.3) is 5.91 Å².